The fraction of sp³-hybridized carbons (Fsp3) is 0.600. The zero-order valence-corrected chi connectivity index (χ0v) is 9.92. The van der Waals surface area contributed by atoms with Crippen LogP contribution in [0.1, 0.15) is 18.3 Å². The Morgan fingerprint density at radius 3 is 3.19 bits per heavy atom. The van der Waals surface area contributed by atoms with Gasteiger partial charge in [0.25, 0.3) is 0 Å². The van der Waals surface area contributed by atoms with E-state index < -0.39 is 0 Å². The molecule has 5 nitrogen and oxygen atoms in total. The molecule has 2 heterocycles. The Bertz CT molecular complexity index is 403. The number of hydrogen-bond acceptors (Lipinski definition) is 5. The van der Waals surface area contributed by atoms with Crippen molar-refractivity contribution in [1.29, 1.82) is 0 Å². The van der Waals surface area contributed by atoms with Crippen LogP contribution < -0.4 is 0 Å². The highest BCUT2D eigenvalue weighted by molar-refractivity contribution is 7.99. The molecule has 6 heteroatoms. The average molecular weight is 242 g/mol. The Morgan fingerprint density at radius 2 is 2.50 bits per heavy atom. The summed E-state index contributed by atoms with van der Waals surface area (Å²) in [5.74, 6) is 0.689. The summed E-state index contributed by atoms with van der Waals surface area (Å²) >= 11 is 1.65. The molecule has 16 heavy (non-hydrogen) atoms. The van der Waals surface area contributed by atoms with Crippen LogP contribution in [0.2, 0.25) is 0 Å². The monoisotopic (exact) mass is 242 g/mol. The van der Waals surface area contributed by atoms with Gasteiger partial charge in [-0.2, -0.15) is 0 Å². The number of aromatic nitrogens is 2. The molecule has 0 aliphatic carbocycles. The molecule has 0 spiro atoms. The van der Waals surface area contributed by atoms with E-state index in [1.807, 2.05) is 4.57 Å². The summed E-state index contributed by atoms with van der Waals surface area (Å²) in [5.41, 5.74) is 1.39. The molecule has 0 fully saturated rings. The zero-order chi connectivity index (χ0) is 11.5. The lowest BCUT2D eigenvalue weighted by atomic mass is 10.2. The van der Waals surface area contributed by atoms with Crippen molar-refractivity contribution in [2.45, 2.75) is 31.7 Å². The van der Waals surface area contributed by atoms with Crippen molar-refractivity contribution in [1.82, 2.24) is 9.55 Å². The molecule has 0 radical (unpaired) electrons. The van der Waals surface area contributed by atoms with Gasteiger partial charge in [-0.15, -0.1) is 0 Å². The predicted molar refractivity (Wildman–Crippen MR) is 59.2 cm³/mol. The fourth-order valence-electron chi connectivity index (χ4n) is 1.75. The van der Waals surface area contributed by atoms with Crippen molar-refractivity contribution in [3.8, 4) is 0 Å². The maximum Gasteiger partial charge on any atom is 0.311 e. The van der Waals surface area contributed by atoms with Crippen LogP contribution >= 0.6 is 11.8 Å². The quantitative estimate of drug-likeness (QED) is 0.783. The maximum atomic E-state index is 11.3. The highest BCUT2D eigenvalue weighted by atomic mass is 32.2. The van der Waals surface area contributed by atoms with Crippen molar-refractivity contribution in [3.05, 3.63) is 11.4 Å². The molecule has 0 aromatic carbocycles. The largest absolute Gasteiger partial charge is 0.466 e. The van der Waals surface area contributed by atoms with E-state index in [4.69, 9.17) is 4.74 Å². The smallest absolute Gasteiger partial charge is 0.311 e. The van der Waals surface area contributed by atoms with Gasteiger partial charge in [0.2, 0.25) is 0 Å². The number of hydrogen-bond donors (Lipinski definition) is 1. The lowest BCUT2D eigenvalue weighted by molar-refractivity contribution is -0.142. The number of ether oxygens (including phenoxy) is 1. The van der Waals surface area contributed by atoms with Gasteiger partial charge < -0.3 is 14.4 Å². The molecule has 0 atom stereocenters. The number of carbonyl (C=O) groups is 1. The maximum absolute atomic E-state index is 11.3. The van der Waals surface area contributed by atoms with Gasteiger partial charge >= 0.3 is 5.97 Å². The van der Waals surface area contributed by atoms with Crippen molar-refractivity contribution in [2.75, 3.05) is 12.4 Å². The lowest BCUT2D eigenvalue weighted by Gasteiger charge is -2.04. The summed E-state index contributed by atoms with van der Waals surface area (Å²) in [6.07, 6.45) is 0.143. The molecule has 1 aromatic rings. The first-order valence-corrected chi connectivity index (χ1v) is 6.22. The second kappa shape index (κ2) is 4.88. The third-order valence-electron chi connectivity index (χ3n) is 2.43. The third-order valence-corrected chi connectivity index (χ3v) is 3.39. The van der Waals surface area contributed by atoms with E-state index in [9.17, 15) is 9.90 Å². The van der Waals surface area contributed by atoms with Crippen LogP contribution in [0.5, 0.6) is 0 Å². The SMILES string of the molecule is CCOC(=O)Cc1nc2n(c1CO)CCS2. The molecule has 0 saturated heterocycles. The number of imidazole rings is 1. The highest BCUT2D eigenvalue weighted by Crippen LogP contribution is 2.28. The number of nitrogens with zero attached hydrogens (tertiary/aromatic N) is 2. The van der Waals surface area contributed by atoms with Gasteiger partial charge in [-0.25, -0.2) is 4.98 Å². The van der Waals surface area contributed by atoms with Crippen molar-refractivity contribution in [3.63, 3.8) is 0 Å². The number of carbonyl (C=O) groups excluding carboxylic acids is 1. The van der Waals surface area contributed by atoms with Gasteiger partial charge in [0.1, 0.15) is 0 Å². The second-order valence-electron chi connectivity index (χ2n) is 3.43. The van der Waals surface area contributed by atoms with Gasteiger partial charge in [0.15, 0.2) is 5.16 Å². The summed E-state index contributed by atoms with van der Waals surface area (Å²) < 4.78 is 6.84. The standard InChI is InChI=1S/C10H14N2O3S/c1-2-15-9(14)5-7-8(6-13)12-3-4-16-10(12)11-7/h13H,2-6H2,1H3. The van der Waals surface area contributed by atoms with E-state index in [2.05, 4.69) is 4.98 Å². The van der Waals surface area contributed by atoms with Gasteiger partial charge in [0, 0.05) is 12.3 Å². The molecule has 88 valence electrons. The average Bonchev–Trinajstić information content (AvgIpc) is 2.77. The van der Waals surface area contributed by atoms with E-state index in [-0.39, 0.29) is 19.0 Å². The summed E-state index contributed by atoms with van der Waals surface area (Å²) in [5, 5.41) is 10.2. The number of thioether (sulfide) groups is 1. The summed E-state index contributed by atoms with van der Waals surface area (Å²) in [6.45, 7) is 2.91. The van der Waals surface area contributed by atoms with Crippen molar-refractivity contribution >= 4 is 17.7 Å². The van der Waals surface area contributed by atoms with Crippen molar-refractivity contribution < 1.29 is 14.6 Å². The minimum Gasteiger partial charge on any atom is -0.466 e. The van der Waals surface area contributed by atoms with E-state index >= 15 is 0 Å². The molecule has 0 saturated carbocycles. The Kier molecular flexibility index (Phi) is 3.50. The molecule has 0 amide bonds. The van der Waals surface area contributed by atoms with Crippen LogP contribution in [0.25, 0.3) is 0 Å². The Labute approximate surface area is 97.8 Å². The van der Waals surface area contributed by atoms with E-state index in [0.717, 1.165) is 23.1 Å². The molecule has 1 N–H and O–H groups in total. The Balaban J connectivity index is 2.18. The number of aliphatic hydroxyl groups excluding tert-OH is 1. The zero-order valence-electron chi connectivity index (χ0n) is 9.10. The van der Waals surface area contributed by atoms with Gasteiger partial charge in [-0.1, -0.05) is 11.8 Å². The second-order valence-corrected chi connectivity index (χ2v) is 4.49. The number of esters is 1. The molecule has 0 unspecified atom stereocenters. The van der Waals surface area contributed by atoms with Crippen LogP contribution in [-0.4, -0.2) is 33.0 Å². The summed E-state index contributed by atoms with van der Waals surface area (Å²) in [4.78, 5) is 15.7. The van der Waals surface area contributed by atoms with Crippen LogP contribution in [0.4, 0.5) is 0 Å². The van der Waals surface area contributed by atoms with Crippen LogP contribution in [-0.2, 0) is 29.1 Å². The number of fused-ring (bicyclic) bond motifs is 1. The molecule has 1 aliphatic rings. The first kappa shape index (κ1) is 11.5. The first-order valence-electron chi connectivity index (χ1n) is 5.23. The molecule has 1 aromatic heterocycles. The van der Waals surface area contributed by atoms with Gasteiger partial charge in [0.05, 0.1) is 31.0 Å². The van der Waals surface area contributed by atoms with Gasteiger partial charge in [-0.05, 0) is 6.92 Å². The highest BCUT2D eigenvalue weighted by Gasteiger charge is 2.22. The third kappa shape index (κ3) is 2.08. The van der Waals surface area contributed by atoms with Crippen LogP contribution in [0.3, 0.4) is 0 Å². The minimum atomic E-state index is -0.293. The molecule has 1 aliphatic heterocycles. The normalized spacial score (nSPS) is 13.9. The first-order chi connectivity index (χ1) is 7.76. The number of rotatable bonds is 4. The molecular formula is C10H14N2O3S. The van der Waals surface area contributed by atoms with E-state index in [1.54, 1.807) is 18.7 Å². The topological polar surface area (TPSA) is 64.3 Å². The Morgan fingerprint density at radius 1 is 1.69 bits per heavy atom. The van der Waals surface area contributed by atoms with E-state index in [0.29, 0.717) is 12.3 Å². The number of aliphatic hydroxyl groups is 1. The lowest BCUT2D eigenvalue weighted by Crippen LogP contribution is -2.11. The van der Waals surface area contributed by atoms with Crippen molar-refractivity contribution in [2.24, 2.45) is 0 Å². The molecular weight excluding hydrogens is 228 g/mol. The van der Waals surface area contributed by atoms with Crippen LogP contribution in [0.15, 0.2) is 5.16 Å². The minimum absolute atomic E-state index is 0.0811. The van der Waals surface area contributed by atoms with Gasteiger partial charge in [-0.3, -0.25) is 4.79 Å². The molecule has 0 bridgehead atoms. The van der Waals surface area contributed by atoms with Crippen LogP contribution in [0, 0.1) is 0 Å². The Hall–Kier alpha value is -1.01. The summed E-state index contributed by atoms with van der Waals surface area (Å²) in [7, 11) is 0. The van der Waals surface area contributed by atoms with E-state index in [1.165, 1.54) is 0 Å². The predicted octanol–water partition coefficient (Wildman–Crippen LogP) is 0.587. The fourth-order valence-corrected chi connectivity index (χ4v) is 2.74. The molecule has 2 rings (SSSR count). The summed E-state index contributed by atoms with van der Waals surface area (Å²) in [6, 6.07) is 0.